The minimum atomic E-state index is -0.945. The van der Waals surface area contributed by atoms with Gasteiger partial charge in [0.25, 0.3) is 0 Å². The number of allylic oxidation sites excluding steroid dienone is 1. The highest BCUT2D eigenvalue weighted by atomic mass is 16.4. The van der Waals surface area contributed by atoms with E-state index in [1.807, 2.05) is 26.4 Å². The summed E-state index contributed by atoms with van der Waals surface area (Å²) in [4.78, 5) is 11.2. The molecule has 2 heterocycles. The summed E-state index contributed by atoms with van der Waals surface area (Å²) in [5.74, 6) is 5.40. The Morgan fingerprint density at radius 2 is 1.94 bits per heavy atom. The van der Waals surface area contributed by atoms with Crippen LogP contribution in [0, 0.1) is 0 Å². The topological polar surface area (TPSA) is 122 Å². The van der Waals surface area contributed by atoms with E-state index in [1.165, 1.54) is 0 Å². The van der Waals surface area contributed by atoms with E-state index in [2.05, 4.69) is 28.6 Å². The number of carboxylic acid groups (broad SMARTS) is 1. The largest absolute Gasteiger partial charge is 0.478 e. The molecule has 1 unspecified atom stereocenters. The second kappa shape index (κ2) is 8.16. The van der Waals surface area contributed by atoms with Crippen molar-refractivity contribution in [3.05, 3.63) is 77.2 Å². The number of hydrazine groups is 1. The number of nitrogens with one attached hydrogen (secondary N) is 1. The molecule has 1 atom stereocenters. The van der Waals surface area contributed by atoms with Gasteiger partial charge in [-0.1, -0.05) is 12.1 Å². The summed E-state index contributed by atoms with van der Waals surface area (Å²) in [7, 11) is 1.89. The average Bonchev–Trinajstić information content (AvgIpc) is 3.12. The number of hydrogen-bond acceptors (Lipinski definition) is 6. The lowest BCUT2D eigenvalue weighted by Crippen LogP contribution is -2.31. The molecule has 0 saturated heterocycles. The molecule has 0 aliphatic carbocycles. The van der Waals surface area contributed by atoms with Crippen LogP contribution in [0.1, 0.15) is 40.9 Å². The lowest BCUT2D eigenvalue weighted by Gasteiger charge is -2.22. The molecule has 0 fully saturated rings. The van der Waals surface area contributed by atoms with Crippen LogP contribution in [0.5, 0.6) is 0 Å². The van der Waals surface area contributed by atoms with Crippen molar-refractivity contribution in [2.75, 3.05) is 11.9 Å². The van der Waals surface area contributed by atoms with Gasteiger partial charge in [0, 0.05) is 42.3 Å². The molecule has 1 aliphatic heterocycles. The van der Waals surface area contributed by atoms with Crippen molar-refractivity contribution in [1.82, 2.24) is 14.8 Å². The second-order valence-corrected chi connectivity index (χ2v) is 7.80. The van der Waals surface area contributed by atoms with Gasteiger partial charge in [0.2, 0.25) is 0 Å². The van der Waals surface area contributed by atoms with Gasteiger partial charge in [0.15, 0.2) is 0 Å². The zero-order valence-electron chi connectivity index (χ0n) is 17.5. The van der Waals surface area contributed by atoms with E-state index in [0.29, 0.717) is 12.2 Å². The Labute approximate surface area is 180 Å². The molecular weight excluding hydrogens is 392 g/mol. The average molecular weight is 419 g/mol. The first-order chi connectivity index (χ1) is 14.8. The van der Waals surface area contributed by atoms with Gasteiger partial charge in [0.1, 0.15) is 0 Å². The van der Waals surface area contributed by atoms with E-state index in [1.54, 1.807) is 34.0 Å². The van der Waals surface area contributed by atoms with Crippen molar-refractivity contribution in [2.45, 2.75) is 19.4 Å². The number of aromatic carboxylic acids is 1. The molecular formula is C23H26N6O2. The predicted molar refractivity (Wildman–Crippen MR) is 121 cm³/mol. The number of hydrogen-bond donors (Lipinski definition) is 4. The number of aryl methyl sites for hydroxylation is 1. The van der Waals surface area contributed by atoms with Gasteiger partial charge in [-0.25, -0.2) is 10.6 Å². The first kappa shape index (κ1) is 20.5. The summed E-state index contributed by atoms with van der Waals surface area (Å²) in [6.45, 7) is 2.47. The fourth-order valence-electron chi connectivity index (χ4n) is 4.01. The third-order valence-corrected chi connectivity index (χ3v) is 5.51. The van der Waals surface area contributed by atoms with Crippen LogP contribution in [0.25, 0.3) is 16.8 Å². The van der Waals surface area contributed by atoms with Crippen molar-refractivity contribution in [1.29, 1.82) is 0 Å². The first-order valence-electron chi connectivity index (χ1n) is 10.1. The number of fused-ring (bicyclic) bond motifs is 1. The lowest BCUT2D eigenvalue weighted by molar-refractivity contribution is 0.0697. The molecule has 1 aliphatic rings. The van der Waals surface area contributed by atoms with Gasteiger partial charge in [-0.05, 0) is 54.8 Å². The zero-order chi connectivity index (χ0) is 22.1. The Morgan fingerprint density at radius 1 is 1.19 bits per heavy atom. The molecule has 3 aromatic rings. The lowest BCUT2D eigenvalue weighted by atomic mass is 9.93. The monoisotopic (exact) mass is 418 g/mol. The van der Waals surface area contributed by atoms with Crippen molar-refractivity contribution < 1.29 is 9.90 Å². The normalized spacial score (nSPS) is 17.6. The first-order valence-corrected chi connectivity index (χ1v) is 10.1. The van der Waals surface area contributed by atoms with Gasteiger partial charge < -0.3 is 21.2 Å². The molecule has 2 aromatic carbocycles. The molecule has 31 heavy (non-hydrogen) atoms. The molecule has 8 heteroatoms. The van der Waals surface area contributed by atoms with Gasteiger partial charge in [-0.15, -0.1) is 0 Å². The van der Waals surface area contributed by atoms with Crippen LogP contribution in [0.4, 0.5) is 5.69 Å². The van der Waals surface area contributed by atoms with Crippen LogP contribution in [-0.2, 0) is 7.05 Å². The van der Waals surface area contributed by atoms with Crippen LogP contribution in [0.2, 0.25) is 0 Å². The number of nitrogens with two attached hydrogens (primary N) is 2. The molecule has 0 bridgehead atoms. The maximum Gasteiger partial charge on any atom is 0.335 e. The summed E-state index contributed by atoms with van der Waals surface area (Å²) in [6.07, 6.45) is 4.56. The molecule has 160 valence electrons. The number of carboxylic acids is 1. The molecule has 0 spiro atoms. The number of aromatic nitrogens is 2. The van der Waals surface area contributed by atoms with E-state index < -0.39 is 5.97 Å². The van der Waals surface area contributed by atoms with Crippen molar-refractivity contribution >= 4 is 17.4 Å². The SMILES string of the molecule is C/C(N)=C1\c2ccc(-c3cnn(C)c3)cc2C(Nc2ccc(C(=O)O)cc2)CCN1N. The van der Waals surface area contributed by atoms with E-state index in [9.17, 15) is 4.79 Å². The molecule has 0 amide bonds. The van der Waals surface area contributed by atoms with Crippen molar-refractivity contribution in [3.8, 4) is 11.1 Å². The standard InChI is InChI=1S/C23H26N6O2/c1-14(24)22-19-8-5-16(17-12-26-28(2)13-17)11-20(19)21(9-10-29(22)25)27-18-6-3-15(4-7-18)23(30)31/h3-8,11-13,21,27H,9-10,24-25H2,1-2H3,(H,30,31)/b22-14-. The fraction of sp³-hybridized carbons (Fsp3) is 0.217. The molecule has 6 N–H and O–H groups in total. The maximum absolute atomic E-state index is 11.2. The number of carbonyl (C=O) groups is 1. The van der Waals surface area contributed by atoms with Gasteiger partial charge in [-0.3, -0.25) is 4.68 Å². The Morgan fingerprint density at radius 3 is 2.55 bits per heavy atom. The minimum absolute atomic E-state index is 0.0369. The summed E-state index contributed by atoms with van der Waals surface area (Å²) >= 11 is 0. The summed E-state index contributed by atoms with van der Waals surface area (Å²) < 4.78 is 1.78. The molecule has 1 aromatic heterocycles. The van der Waals surface area contributed by atoms with Crippen molar-refractivity contribution in [3.63, 3.8) is 0 Å². The number of nitrogens with zero attached hydrogens (tertiary/aromatic N) is 3. The number of rotatable bonds is 4. The Bertz CT molecular complexity index is 1150. The Hall–Kier alpha value is -3.78. The maximum atomic E-state index is 11.2. The minimum Gasteiger partial charge on any atom is -0.478 e. The Balaban J connectivity index is 1.78. The highest BCUT2D eigenvalue weighted by Crippen LogP contribution is 2.37. The number of benzene rings is 2. The van der Waals surface area contributed by atoms with E-state index in [-0.39, 0.29) is 11.6 Å². The smallest absolute Gasteiger partial charge is 0.335 e. The quantitative estimate of drug-likeness (QED) is 0.480. The fourth-order valence-corrected chi connectivity index (χ4v) is 4.01. The summed E-state index contributed by atoms with van der Waals surface area (Å²) in [6, 6.07) is 13.0. The molecule has 4 rings (SSSR count). The van der Waals surface area contributed by atoms with E-state index >= 15 is 0 Å². The van der Waals surface area contributed by atoms with Crippen LogP contribution >= 0.6 is 0 Å². The zero-order valence-corrected chi connectivity index (χ0v) is 17.5. The Kier molecular flexibility index (Phi) is 5.39. The van der Waals surface area contributed by atoms with Crippen molar-refractivity contribution in [2.24, 2.45) is 18.6 Å². The predicted octanol–water partition coefficient (Wildman–Crippen LogP) is 3.17. The third kappa shape index (κ3) is 4.10. The highest BCUT2D eigenvalue weighted by molar-refractivity contribution is 5.88. The summed E-state index contributed by atoms with van der Waals surface area (Å²) in [5, 5.41) is 18.7. The van der Waals surface area contributed by atoms with Crippen LogP contribution in [0.15, 0.2) is 60.6 Å². The van der Waals surface area contributed by atoms with Crippen LogP contribution < -0.4 is 16.9 Å². The molecule has 8 nitrogen and oxygen atoms in total. The third-order valence-electron chi connectivity index (χ3n) is 5.51. The molecule has 0 radical (unpaired) electrons. The van der Waals surface area contributed by atoms with E-state index in [0.717, 1.165) is 40.1 Å². The highest BCUT2D eigenvalue weighted by Gasteiger charge is 2.26. The van der Waals surface area contributed by atoms with Crippen LogP contribution in [-0.4, -0.2) is 32.4 Å². The van der Waals surface area contributed by atoms with Gasteiger partial charge in [0.05, 0.1) is 23.5 Å². The second-order valence-electron chi connectivity index (χ2n) is 7.80. The van der Waals surface area contributed by atoms with Gasteiger partial charge in [-0.2, -0.15) is 5.10 Å². The summed E-state index contributed by atoms with van der Waals surface area (Å²) in [5.41, 5.74) is 12.9. The number of anilines is 1. The van der Waals surface area contributed by atoms with Crippen LogP contribution in [0.3, 0.4) is 0 Å². The van der Waals surface area contributed by atoms with E-state index in [4.69, 9.17) is 16.7 Å². The van der Waals surface area contributed by atoms with Gasteiger partial charge >= 0.3 is 5.97 Å². The molecule has 0 saturated carbocycles.